The molecule has 3 heterocycles. The van der Waals surface area contributed by atoms with E-state index < -0.39 is 6.10 Å². The van der Waals surface area contributed by atoms with Gasteiger partial charge in [-0.2, -0.15) is 0 Å². The first-order chi connectivity index (χ1) is 15.1. The number of rotatable bonds is 6. The summed E-state index contributed by atoms with van der Waals surface area (Å²) in [7, 11) is 0. The van der Waals surface area contributed by atoms with Gasteiger partial charge >= 0.3 is 0 Å². The minimum atomic E-state index is -0.524. The summed E-state index contributed by atoms with van der Waals surface area (Å²) in [5.41, 5.74) is 0.845. The maximum atomic E-state index is 12.4. The fraction of sp³-hybridized carbons (Fsp3) is 0.478. The topological polar surface area (TPSA) is 93.2 Å². The molecule has 31 heavy (non-hydrogen) atoms. The van der Waals surface area contributed by atoms with Crippen LogP contribution in [0.4, 0.5) is 0 Å². The van der Waals surface area contributed by atoms with Crippen molar-refractivity contribution in [1.82, 2.24) is 15.2 Å². The quantitative estimate of drug-likeness (QED) is 0.726. The molecule has 2 N–H and O–H groups in total. The molecular formula is C23H27N3O5. The lowest BCUT2D eigenvalue weighted by Gasteiger charge is -2.35. The van der Waals surface area contributed by atoms with E-state index >= 15 is 0 Å². The summed E-state index contributed by atoms with van der Waals surface area (Å²) in [5.74, 6) is 2.85. The summed E-state index contributed by atoms with van der Waals surface area (Å²) in [6.45, 7) is 2.69. The molecule has 1 saturated carbocycles. The van der Waals surface area contributed by atoms with E-state index in [1.54, 1.807) is 6.20 Å². The van der Waals surface area contributed by atoms with Crippen molar-refractivity contribution in [3.05, 3.63) is 48.3 Å². The van der Waals surface area contributed by atoms with Gasteiger partial charge in [-0.1, -0.05) is 6.07 Å². The molecule has 3 aliphatic rings. The number of fused-ring (bicyclic) bond motifs is 2. The first kappa shape index (κ1) is 20.1. The molecule has 0 bridgehead atoms. The van der Waals surface area contributed by atoms with E-state index in [-0.39, 0.29) is 18.8 Å². The highest BCUT2D eigenvalue weighted by molar-refractivity contribution is 5.78. The van der Waals surface area contributed by atoms with Crippen LogP contribution in [0.15, 0.2) is 42.6 Å². The number of hydrogen-bond acceptors (Lipinski definition) is 7. The van der Waals surface area contributed by atoms with E-state index in [0.29, 0.717) is 48.6 Å². The Bertz CT molecular complexity index is 925. The van der Waals surface area contributed by atoms with E-state index in [4.69, 9.17) is 14.2 Å². The molecule has 2 fully saturated rings. The van der Waals surface area contributed by atoms with Crippen molar-refractivity contribution in [3.63, 3.8) is 0 Å². The number of amides is 1. The fourth-order valence-electron chi connectivity index (χ4n) is 4.82. The van der Waals surface area contributed by atoms with Crippen LogP contribution in [0.5, 0.6) is 17.2 Å². The Morgan fingerprint density at radius 1 is 1.16 bits per heavy atom. The molecule has 1 saturated heterocycles. The molecule has 0 radical (unpaired) electrons. The molecule has 164 valence electrons. The van der Waals surface area contributed by atoms with Crippen LogP contribution in [0.3, 0.4) is 0 Å². The van der Waals surface area contributed by atoms with E-state index in [2.05, 4.69) is 15.2 Å². The number of likely N-dealkylation sites (tertiary alicyclic amines) is 1. The largest absolute Gasteiger partial charge is 0.488 e. The van der Waals surface area contributed by atoms with Crippen molar-refractivity contribution in [1.29, 1.82) is 0 Å². The Kier molecular flexibility index (Phi) is 5.65. The van der Waals surface area contributed by atoms with Gasteiger partial charge in [0.05, 0.1) is 24.9 Å². The second kappa shape index (κ2) is 8.72. The van der Waals surface area contributed by atoms with Crippen molar-refractivity contribution in [2.24, 2.45) is 11.8 Å². The van der Waals surface area contributed by atoms with Gasteiger partial charge in [-0.25, -0.2) is 0 Å². The number of carbonyl (C=O) groups is 1. The third kappa shape index (κ3) is 4.60. The zero-order chi connectivity index (χ0) is 21.2. The smallest absolute Gasteiger partial charge is 0.234 e. The summed E-state index contributed by atoms with van der Waals surface area (Å²) in [5, 5.41) is 13.6. The maximum Gasteiger partial charge on any atom is 0.234 e. The van der Waals surface area contributed by atoms with Crippen molar-refractivity contribution in [3.8, 4) is 17.2 Å². The highest BCUT2D eigenvalue weighted by Crippen LogP contribution is 2.40. The number of hydrogen-bond donors (Lipinski definition) is 2. The maximum absolute atomic E-state index is 12.4. The van der Waals surface area contributed by atoms with E-state index in [1.165, 1.54) is 0 Å². The Morgan fingerprint density at radius 2 is 2.00 bits per heavy atom. The molecule has 5 rings (SSSR count). The van der Waals surface area contributed by atoms with Gasteiger partial charge in [0.25, 0.3) is 0 Å². The minimum absolute atomic E-state index is 0.00184. The average molecular weight is 425 g/mol. The van der Waals surface area contributed by atoms with Gasteiger partial charge in [0.15, 0.2) is 11.5 Å². The molecule has 0 unspecified atom stereocenters. The van der Waals surface area contributed by atoms with E-state index in [1.807, 2.05) is 36.4 Å². The third-order valence-corrected chi connectivity index (χ3v) is 6.35. The van der Waals surface area contributed by atoms with Crippen LogP contribution in [-0.2, 0) is 11.3 Å². The number of nitrogens with one attached hydrogen (secondary N) is 1. The van der Waals surface area contributed by atoms with Crippen LogP contribution in [0.25, 0.3) is 0 Å². The number of nitrogens with zero attached hydrogens (tertiary/aromatic N) is 2. The van der Waals surface area contributed by atoms with Gasteiger partial charge in [-0.05, 0) is 48.9 Å². The van der Waals surface area contributed by atoms with Gasteiger partial charge in [-0.3, -0.25) is 14.7 Å². The van der Waals surface area contributed by atoms with Crippen molar-refractivity contribution >= 4 is 5.91 Å². The van der Waals surface area contributed by atoms with Gasteiger partial charge in [0, 0.05) is 25.4 Å². The standard InChI is InChI=1S/C23H27N3O5/c27-19-7-15-11-26(13-23(28)25-10-17-3-1-2-6-24-17)12-16(15)8-21(19)31-18-4-5-20-22(9-18)30-14-29-20/h1-6,9,15-16,19,21,27H,7-8,10-14H2,(H,25,28)/t15-,16+,19+,21+/m0/s1. The summed E-state index contributed by atoms with van der Waals surface area (Å²) in [6.07, 6.45) is 2.39. The molecule has 4 atom stereocenters. The highest BCUT2D eigenvalue weighted by atomic mass is 16.7. The van der Waals surface area contributed by atoms with Crippen molar-refractivity contribution in [2.75, 3.05) is 26.4 Å². The molecular weight excluding hydrogens is 398 g/mol. The number of aliphatic hydroxyl groups is 1. The van der Waals surface area contributed by atoms with E-state index in [9.17, 15) is 9.90 Å². The Morgan fingerprint density at radius 3 is 2.84 bits per heavy atom. The summed E-state index contributed by atoms with van der Waals surface area (Å²) in [4.78, 5) is 18.8. The van der Waals surface area contributed by atoms with Crippen LogP contribution in [-0.4, -0.2) is 59.5 Å². The molecule has 1 aromatic carbocycles. The number of aromatic nitrogens is 1. The summed E-state index contributed by atoms with van der Waals surface area (Å²) in [6, 6.07) is 11.2. The van der Waals surface area contributed by atoms with Gasteiger partial charge in [-0.15, -0.1) is 0 Å². The van der Waals surface area contributed by atoms with Crippen molar-refractivity contribution < 1.29 is 24.1 Å². The number of benzene rings is 1. The molecule has 8 nitrogen and oxygen atoms in total. The predicted molar refractivity (Wildman–Crippen MR) is 112 cm³/mol. The first-order valence-corrected chi connectivity index (χ1v) is 10.8. The SMILES string of the molecule is O=C(CN1C[C@H]2C[C@@H](Oc3ccc4c(c3)OCO4)[C@H](O)C[C@H]2C1)NCc1ccccn1. The van der Waals surface area contributed by atoms with Crippen LogP contribution < -0.4 is 19.5 Å². The van der Waals surface area contributed by atoms with Crippen LogP contribution >= 0.6 is 0 Å². The lowest BCUT2D eigenvalue weighted by Crippen LogP contribution is -2.42. The number of ether oxygens (including phenoxy) is 3. The van der Waals surface area contributed by atoms with E-state index in [0.717, 1.165) is 25.2 Å². The van der Waals surface area contributed by atoms with Crippen LogP contribution in [0, 0.1) is 11.8 Å². The van der Waals surface area contributed by atoms with Crippen LogP contribution in [0.1, 0.15) is 18.5 Å². The third-order valence-electron chi connectivity index (χ3n) is 6.35. The Balaban J connectivity index is 1.13. The molecule has 1 amide bonds. The highest BCUT2D eigenvalue weighted by Gasteiger charge is 2.43. The molecule has 0 spiro atoms. The average Bonchev–Trinajstić information content (AvgIpc) is 3.39. The van der Waals surface area contributed by atoms with Gasteiger partial charge < -0.3 is 24.6 Å². The fourth-order valence-corrected chi connectivity index (χ4v) is 4.82. The molecule has 1 aliphatic carbocycles. The number of pyridine rings is 1. The second-order valence-electron chi connectivity index (χ2n) is 8.52. The van der Waals surface area contributed by atoms with Crippen molar-refractivity contribution in [2.45, 2.75) is 31.6 Å². The summed E-state index contributed by atoms with van der Waals surface area (Å²) < 4.78 is 16.9. The lowest BCUT2D eigenvalue weighted by molar-refractivity contribution is -0.122. The summed E-state index contributed by atoms with van der Waals surface area (Å²) >= 11 is 0. The second-order valence-corrected chi connectivity index (χ2v) is 8.52. The number of aliphatic hydroxyl groups excluding tert-OH is 1. The first-order valence-electron chi connectivity index (χ1n) is 10.8. The van der Waals surface area contributed by atoms with Gasteiger partial charge in [0.1, 0.15) is 11.9 Å². The molecule has 8 heteroatoms. The number of carbonyl (C=O) groups excluding carboxylic acids is 1. The normalized spacial score (nSPS) is 27.0. The lowest BCUT2D eigenvalue weighted by atomic mass is 9.78. The predicted octanol–water partition coefficient (Wildman–Crippen LogP) is 1.58. The van der Waals surface area contributed by atoms with Crippen LogP contribution in [0.2, 0.25) is 0 Å². The Hall–Kier alpha value is -2.84. The zero-order valence-corrected chi connectivity index (χ0v) is 17.3. The van der Waals surface area contributed by atoms with Gasteiger partial charge in [0.2, 0.25) is 12.7 Å². The Labute approximate surface area is 181 Å². The molecule has 1 aromatic heterocycles. The minimum Gasteiger partial charge on any atom is -0.488 e. The monoisotopic (exact) mass is 425 g/mol. The molecule has 2 aliphatic heterocycles. The zero-order valence-electron chi connectivity index (χ0n) is 17.3. The molecule has 2 aromatic rings.